The summed E-state index contributed by atoms with van der Waals surface area (Å²) in [6.45, 7) is 0. The van der Waals surface area contributed by atoms with Gasteiger partial charge in [0.15, 0.2) is 0 Å². The second-order valence-electron chi connectivity index (χ2n) is 5.58. The van der Waals surface area contributed by atoms with Crippen molar-refractivity contribution in [1.82, 2.24) is 9.97 Å². The van der Waals surface area contributed by atoms with Crippen molar-refractivity contribution in [3.63, 3.8) is 0 Å². The molecule has 0 N–H and O–H groups in total. The van der Waals surface area contributed by atoms with E-state index in [4.69, 9.17) is 11.6 Å². The Morgan fingerprint density at radius 2 is 1.79 bits per heavy atom. The lowest BCUT2D eigenvalue weighted by atomic mass is 10.0. The van der Waals surface area contributed by atoms with E-state index < -0.39 is 0 Å². The molecular formula is C15H16ClN3. The van der Waals surface area contributed by atoms with Gasteiger partial charge >= 0.3 is 0 Å². The first-order chi connectivity index (χ1) is 9.33. The second-order valence-corrected chi connectivity index (χ2v) is 6.19. The maximum Gasteiger partial charge on any atom is 0.140 e. The number of para-hydroxylation sites is 1. The normalized spacial score (nSPS) is 29.9. The Morgan fingerprint density at radius 1 is 1.05 bits per heavy atom. The number of piperidine rings is 1. The van der Waals surface area contributed by atoms with Crippen molar-refractivity contribution in [2.75, 3.05) is 4.90 Å². The average Bonchev–Trinajstić information content (AvgIpc) is 2.70. The van der Waals surface area contributed by atoms with Gasteiger partial charge < -0.3 is 4.90 Å². The van der Waals surface area contributed by atoms with E-state index >= 15 is 0 Å². The summed E-state index contributed by atoms with van der Waals surface area (Å²) in [6, 6.07) is 9.37. The lowest BCUT2D eigenvalue weighted by Gasteiger charge is -2.38. The molecule has 1 aromatic carbocycles. The van der Waals surface area contributed by atoms with Crippen LogP contribution in [0, 0.1) is 0 Å². The van der Waals surface area contributed by atoms with Crippen LogP contribution >= 0.6 is 11.6 Å². The van der Waals surface area contributed by atoms with E-state index in [2.05, 4.69) is 33.1 Å². The molecule has 2 fully saturated rings. The minimum absolute atomic E-state index is 0.335. The largest absolute Gasteiger partial charge is 0.350 e. The topological polar surface area (TPSA) is 29.0 Å². The summed E-state index contributed by atoms with van der Waals surface area (Å²) >= 11 is 6.36. The van der Waals surface area contributed by atoms with Crippen molar-refractivity contribution in [1.29, 1.82) is 0 Å². The van der Waals surface area contributed by atoms with Gasteiger partial charge in [-0.1, -0.05) is 12.1 Å². The zero-order valence-corrected chi connectivity index (χ0v) is 11.4. The van der Waals surface area contributed by atoms with Gasteiger partial charge in [0, 0.05) is 22.8 Å². The van der Waals surface area contributed by atoms with Crippen LogP contribution in [0.15, 0.2) is 30.6 Å². The minimum atomic E-state index is 0.335. The van der Waals surface area contributed by atoms with Crippen LogP contribution in [0.1, 0.15) is 25.7 Å². The molecule has 0 amide bonds. The predicted octanol–water partition coefficient (Wildman–Crippen LogP) is 3.37. The number of benzene rings is 1. The molecule has 2 unspecified atom stereocenters. The first-order valence-corrected chi connectivity index (χ1v) is 7.39. The molecule has 2 saturated heterocycles. The van der Waals surface area contributed by atoms with Gasteiger partial charge in [-0.15, -0.1) is 11.6 Å². The average molecular weight is 274 g/mol. The van der Waals surface area contributed by atoms with Crippen LogP contribution in [-0.2, 0) is 0 Å². The summed E-state index contributed by atoms with van der Waals surface area (Å²) in [5.74, 6) is 1.10. The number of hydrogen-bond donors (Lipinski definition) is 0. The molecule has 3 heterocycles. The van der Waals surface area contributed by atoms with Crippen molar-refractivity contribution in [2.45, 2.75) is 43.1 Å². The molecule has 19 heavy (non-hydrogen) atoms. The lowest BCUT2D eigenvalue weighted by molar-refractivity contribution is 0.471. The molecule has 0 aliphatic carbocycles. The highest BCUT2D eigenvalue weighted by Gasteiger charge is 2.41. The maximum atomic E-state index is 6.36. The van der Waals surface area contributed by atoms with E-state index in [1.165, 1.54) is 12.8 Å². The fourth-order valence-corrected chi connectivity index (χ4v) is 4.06. The van der Waals surface area contributed by atoms with Gasteiger partial charge in [0.1, 0.15) is 12.1 Å². The Labute approximate surface area is 117 Å². The molecule has 2 bridgehead atoms. The Kier molecular flexibility index (Phi) is 2.62. The van der Waals surface area contributed by atoms with E-state index in [1.807, 2.05) is 6.07 Å². The van der Waals surface area contributed by atoms with Gasteiger partial charge in [0.25, 0.3) is 0 Å². The quantitative estimate of drug-likeness (QED) is 0.746. The Morgan fingerprint density at radius 3 is 2.58 bits per heavy atom. The van der Waals surface area contributed by atoms with Crippen LogP contribution in [0.5, 0.6) is 0 Å². The number of alkyl halides is 1. The number of fused-ring (bicyclic) bond motifs is 3. The number of hydrogen-bond acceptors (Lipinski definition) is 3. The van der Waals surface area contributed by atoms with Crippen LogP contribution in [-0.4, -0.2) is 27.4 Å². The van der Waals surface area contributed by atoms with Crippen molar-refractivity contribution in [3.8, 4) is 0 Å². The number of aromatic nitrogens is 2. The second kappa shape index (κ2) is 4.34. The molecule has 2 atom stereocenters. The van der Waals surface area contributed by atoms with Crippen LogP contribution in [0.3, 0.4) is 0 Å². The number of anilines is 1. The van der Waals surface area contributed by atoms with E-state index in [1.54, 1.807) is 6.33 Å². The molecule has 0 radical (unpaired) electrons. The predicted molar refractivity (Wildman–Crippen MR) is 77.7 cm³/mol. The Bertz CT molecular complexity index is 596. The fraction of sp³-hybridized carbons (Fsp3) is 0.467. The molecule has 2 aliphatic heterocycles. The van der Waals surface area contributed by atoms with Crippen LogP contribution in [0.25, 0.3) is 10.9 Å². The van der Waals surface area contributed by atoms with Crippen LogP contribution in [0.4, 0.5) is 5.82 Å². The Hall–Kier alpha value is -1.35. The van der Waals surface area contributed by atoms with Crippen LogP contribution < -0.4 is 4.90 Å². The van der Waals surface area contributed by atoms with Gasteiger partial charge in [-0.2, -0.15) is 0 Å². The molecule has 0 spiro atoms. The van der Waals surface area contributed by atoms with Crippen molar-refractivity contribution in [3.05, 3.63) is 30.6 Å². The first kappa shape index (κ1) is 11.5. The van der Waals surface area contributed by atoms with Crippen molar-refractivity contribution in [2.24, 2.45) is 0 Å². The van der Waals surface area contributed by atoms with Gasteiger partial charge in [-0.25, -0.2) is 9.97 Å². The molecule has 2 aromatic rings. The lowest BCUT2D eigenvalue weighted by Crippen LogP contribution is -2.44. The summed E-state index contributed by atoms with van der Waals surface area (Å²) in [5.41, 5.74) is 1.03. The molecule has 2 aliphatic rings. The number of nitrogens with zero attached hydrogens (tertiary/aromatic N) is 3. The van der Waals surface area contributed by atoms with E-state index in [-0.39, 0.29) is 0 Å². The molecule has 0 saturated carbocycles. The maximum absolute atomic E-state index is 6.36. The first-order valence-electron chi connectivity index (χ1n) is 6.95. The SMILES string of the molecule is ClC1CC2CCC(C1)N2c1ncnc2ccccc12. The summed E-state index contributed by atoms with van der Waals surface area (Å²) in [4.78, 5) is 11.4. The van der Waals surface area contributed by atoms with Crippen molar-refractivity contribution < 1.29 is 0 Å². The molecular weight excluding hydrogens is 258 g/mol. The van der Waals surface area contributed by atoms with E-state index in [0.717, 1.165) is 29.6 Å². The molecule has 3 nitrogen and oxygen atoms in total. The fourth-order valence-electron chi connectivity index (χ4n) is 3.65. The summed E-state index contributed by atoms with van der Waals surface area (Å²) < 4.78 is 0. The summed E-state index contributed by atoms with van der Waals surface area (Å²) in [5, 5.41) is 1.50. The third kappa shape index (κ3) is 1.79. The Balaban J connectivity index is 1.83. The number of halogens is 1. The van der Waals surface area contributed by atoms with Crippen molar-refractivity contribution >= 4 is 28.3 Å². The van der Waals surface area contributed by atoms with Gasteiger partial charge in [0.05, 0.1) is 5.52 Å². The molecule has 1 aromatic heterocycles. The third-order valence-corrected chi connectivity index (χ3v) is 4.80. The highest BCUT2D eigenvalue weighted by atomic mass is 35.5. The minimum Gasteiger partial charge on any atom is -0.350 e. The van der Waals surface area contributed by atoms with E-state index in [0.29, 0.717) is 17.5 Å². The highest BCUT2D eigenvalue weighted by molar-refractivity contribution is 6.20. The summed E-state index contributed by atoms with van der Waals surface area (Å²) in [7, 11) is 0. The molecule has 4 rings (SSSR count). The van der Waals surface area contributed by atoms with Crippen LogP contribution in [0.2, 0.25) is 0 Å². The third-order valence-electron chi connectivity index (χ3n) is 4.44. The summed E-state index contributed by atoms with van der Waals surface area (Å²) in [6.07, 6.45) is 6.33. The smallest absolute Gasteiger partial charge is 0.140 e. The monoisotopic (exact) mass is 273 g/mol. The standard InChI is InChI=1S/C15H16ClN3/c16-10-7-11-5-6-12(8-10)19(11)15-13-3-1-2-4-14(13)17-9-18-15/h1-4,9-12H,5-8H2. The van der Waals surface area contributed by atoms with Gasteiger partial charge in [-0.05, 0) is 37.8 Å². The molecule has 4 heteroatoms. The van der Waals surface area contributed by atoms with Gasteiger partial charge in [-0.3, -0.25) is 0 Å². The molecule has 98 valence electrons. The zero-order chi connectivity index (χ0) is 12.8. The number of rotatable bonds is 1. The highest BCUT2D eigenvalue weighted by Crippen LogP contribution is 2.41. The van der Waals surface area contributed by atoms with E-state index in [9.17, 15) is 0 Å². The van der Waals surface area contributed by atoms with Gasteiger partial charge in [0.2, 0.25) is 0 Å². The zero-order valence-electron chi connectivity index (χ0n) is 10.7.